The van der Waals surface area contributed by atoms with Crippen molar-refractivity contribution >= 4 is 11.9 Å². The summed E-state index contributed by atoms with van der Waals surface area (Å²) in [4.78, 5) is 27.5. The topological polar surface area (TPSA) is 70.1 Å². The molecule has 6 heteroatoms. The Morgan fingerprint density at radius 1 is 1.19 bits per heavy atom. The molecule has 1 saturated heterocycles. The van der Waals surface area contributed by atoms with Gasteiger partial charge in [-0.15, -0.1) is 0 Å². The zero-order valence-corrected chi connectivity index (χ0v) is 16.5. The fourth-order valence-electron chi connectivity index (χ4n) is 3.48. The number of likely N-dealkylation sites (N-methyl/N-ethyl adjacent to an activating group) is 1. The molecule has 0 aromatic heterocycles. The van der Waals surface area contributed by atoms with Crippen LogP contribution < -0.4 is 4.74 Å². The van der Waals surface area contributed by atoms with Crippen molar-refractivity contribution in [2.24, 2.45) is 0 Å². The number of unbranched alkanes of at least 4 members (excludes halogenated alkanes) is 2. The van der Waals surface area contributed by atoms with E-state index in [4.69, 9.17) is 9.84 Å². The zero-order valence-electron chi connectivity index (χ0n) is 16.5. The molecule has 1 atom stereocenters. The Morgan fingerprint density at radius 3 is 2.59 bits per heavy atom. The number of carboxylic acid groups (broad SMARTS) is 1. The summed E-state index contributed by atoms with van der Waals surface area (Å²) in [5.74, 6) is 0.0228. The third-order valence-corrected chi connectivity index (χ3v) is 5.11. The van der Waals surface area contributed by atoms with Crippen LogP contribution in [0, 0.1) is 0 Å². The Balaban J connectivity index is 1.87. The lowest BCUT2D eigenvalue weighted by Crippen LogP contribution is -2.37. The standard InChI is InChI=1S/C21H32N2O4/c1-3-4-5-15-27-19-10-8-17(9-11-19)21(26)23-13-6-7-18(12-14-23)22(2)16-20(24)25/h8-11,18H,3-7,12-16H2,1-2H3,(H,24,25). The molecular weight excluding hydrogens is 344 g/mol. The van der Waals surface area contributed by atoms with Gasteiger partial charge in [0.05, 0.1) is 13.2 Å². The lowest BCUT2D eigenvalue weighted by molar-refractivity contribution is -0.138. The van der Waals surface area contributed by atoms with Crippen molar-refractivity contribution in [1.29, 1.82) is 0 Å². The predicted molar refractivity (Wildman–Crippen MR) is 105 cm³/mol. The SMILES string of the molecule is CCCCCOc1ccc(C(=O)N2CCCC(N(C)CC(=O)O)CC2)cc1. The molecule has 1 unspecified atom stereocenters. The Kier molecular flexibility index (Phi) is 8.58. The number of nitrogens with zero attached hydrogens (tertiary/aromatic N) is 2. The summed E-state index contributed by atoms with van der Waals surface area (Å²) in [6.07, 6.45) is 5.97. The maximum Gasteiger partial charge on any atom is 0.317 e. The summed E-state index contributed by atoms with van der Waals surface area (Å²) in [5, 5.41) is 8.96. The molecule has 1 aromatic rings. The molecule has 0 radical (unpaired) electrons. The van der Waals surface area contributed by atoms with Crippen molar-refractivity contribution < 1.29 is 19.4 Å². The van der Waals surface area contributed by atoms with Crippen LogP contribution in [0.25, 0.3) is 0 Å². The van der Waals surface area contributed by atoms with Gasteiger partial charge in [0.1, 0.15) is 5.75 Å². The van der Waals surface area contributed by atoms with E-state index in [1.165, 1.54) is 6.42 Å². The van der Waals surface area contributed by atoms with Crippen LogP contribution in [0.15, 0.2) is 24.3 Å². The zero-order chi connectivity index (χ0) is 19.6. The highest BCUT2D eigenvalue weighted by atomic mass is 16.5. The summed E-state index contributed by atoms with van der Waals surface area (Å²) < 4.78 is 5.70. The first-order valence-corrected chi connectivity index (χ1v) is 9.95. The third-order valence-electron chi connectivity index (χ3n) is 5.11. The minimum Gasteiger partial charge on any atom is -0.494 e. The van der Waals surface area contributed by atoms with Crippen LogP contribution >= 0.6 is 0 Å². The number of carbonyl (C=O) groups excluding carboxylic acids is 1. The molecule has 150 valence electrons. The van der Waals surface area contributed by atoms with Gasteiger partial charge in [-0.1, -0.05) is 19.8 Å². The number of aliphatic carboxylic acids is 1. The van der Waals surface area contributed by atoms with Crippen LogP contribution in [0.1, 0.15) is 55.8 Å². The molecule has 1 heterocycles. The van der Waals surface area contributed by atoms with Gasteiger partial charge in [0.15, 0.2) is 0 Å². The van der Waals surface area contributed by atoms with Crippen molar-refractivity contribution in [2.75, 3.05) is 33.3 Å². The first kappa shape index (κ1) is 21.2. The summed E-state index contributed by atoms with van der Waals surface area (Å²) in [7, 11) is 1.84. The first-order chi connectivity index (χ1) is 13.0. The van der Waals surface area contributed by atoms with Gasteiger partial charge in [-0.3, -0.25) is 14.5 Å². The van der Waals surface area contributed by atoms with Crippen molar-refractivity contribution in [3.05, 3.63) is 29.8 Å². The van der Waals surface area contributed by atoms with Gasteiger partial charge in [0.25, 0.3) is 5.91 Å². The number of carboxylic acids is 1. The lowest BCUT2D eigenvalue weighted by atomic mass is 10.1. The molecule has 1 aromatic carbocycles. The van der Waals surface area contributed by atoms with E-state index in [1.54, 1.807) is 0 Å². The van der Waals surface area contributed by atoms with E-state index in [9.17, 15) is 9.59 Å². The first-order valence-electron chi connectivity index (χ1n) is 9.95. The fourth-order valence-corrected chi connectivity index (χ4v) is 3.48. The van der Waals surface area contributed by atoms with Crippen LogP contribution in [0.2, 0.25) is 0 Å². The number of amides is 1. The van der Waals surface area contributed by atoms with E-state index in [0.717, 1.165) is 37.9 Å². The largest absolute Gasteiger partial charge is 0.494 e. The minimum atomic E-state index is -0.813. The van der Waals surface area contributed by atoms with E-state index in [2.05, 4.69) is 6.92 Å². The number of benzene rings is 1. The highest BCUT2D eigenvalue weighted by molar-refractivity contribution is 5.94. The Morgan fingerprint density at radius 2 is 1.93 bits per heavy atom. The highest BCUT2D eigenvalue weighted by Gasteiger charge is 2.24. The van der Waals surface area contributed by atoms with E-state index in [0.29, 0.717) is 25.3 Å². The smallest absolute Gasteiger partial charge is 0.317 e. The van der Waals surface area contributed by atoms with Gasteiger partial charge < -0.3 is 14.7 Å². The second-order valence-electron chi connectivity index (χ2n) is 7.27. The average Bonchev–Trinajstić information content (AvgIpc) is 2.91. The monoisotopic (exact) mass is 376 g/mol. The molecule has 1 aliphatic heterocycles. The second-order valence-corrected chi connectivity index (χ2v) is 7.27. The molecule has 0 bridgehead atoms. The number of ether oxygens (including phenoxy) is 1. The molecule has 27 heavy (non-hydrogen) atoms. The lowest BCUT2D eigenvalue weighted by Gasteiger charge is -2.25. The molecule has 0 spiro atoms. The van der Waals surface area contributed by atoms with Crippen LogP contribution in [0.4, 0.5) is 0 Å². The predicted octanol–water partition coefficient (Wildman–Crippen LogP) is 3.27. The molecule has 1 fully saturated rings. The molecule has 1 aliphatic rings. The molecular formula is C21H32N2O4. The van der Waals surface area contributed by atoms with Crippen molar-refractivity contribution in [3.8, 4) is 5.75 Å². The normalized spacial score (nSPS) is 17.6. The highest BCUT2D eigenvalue weighted by Crippen LogP contribution is 2.19. The fraction of sp³-hybridized carbons (Fsp3) is 0.619. The van der Waals surface area contributed by atoms with Crippen LogP contribution in [-0.4, -0.2) is 66.1 Å². The van der Waals surface area contributed by atoms with Crippen LogP contribution in [0.3, 0.4) is 0 Å². The van der Waals surface area contributed by atoms with Crippen LogP contribution in [-0.2, 0) is 4.79 Å². The van der Waals surface area contributed by atoms with Crippen molar-refractivity contribution in [1.82, 2.24) is 9.80 Å². The quantitative estimate of drug-likeness (QED) is 0.670. The van der Waals surface area contributed by atoms with Crippen LogP contribution in [0.5, 0.6) is 5.75 Å². The maximum atomic E-state index is 12.8. The molecule has 1 amide bonds. The number of rotatable bonds is 9. The number of likely N-dealkylation sites (tertiary alicyclic amines) is 1. The van der Waals surface area contributed by atoms with Gasteiger partial charge in [0.2, 0.25) is 0 Å². The summed E-state index contributed by atoms with van der Waals surface area (Å²) in [6.45, 7) is 4.28. The molecule has 6 nitrogen and oxygen atoms in total. The average molecular weight is 376 g/mol. The molecule has 0 aliphatic carbocycles. The van der Waals surface area contributed by atoms with Crippen molar-refractivity contribution in [3.63, 3.8) is 0 Å². The Hall–Kier alpha value is -2.08. The Labute approximate surface area is 162 Å². The second kappa shape index (κ2) is 10.9. The van der Waals surface area contributed by atoms with E-state index < -0.39 is 5.97 Å². The van der Waals surface area contributed by atoms with Crippen molar-refractivity contribution in [2.45, 2.75) is 51.5 Å². The van der Waals surface area contributed by atoms with Gasteiger partial charge in [-0.25, -0.2) is 0 Å². The number of carbonyl (C=O) groups is 2. The van der Waals surface area contributed by atoms with E-state index >= 15 is 0 Å². The van der Waals surface area contributed by atoms with Gasteiger partial charge in [0, 0.05) is 24.7 Å². The molecule has 1 N–H and O–H groups in total. The third kappa shape index (κ3) is 6.86. The van der Waals surface area contributed by atoms with Gasteiger partial charge in [-0.05, 0) is 57.0 Å². The molecule has 2 rings (SSSR count). The number of hydrogen-bond donors (Lipinski definition) is 1. The van der Waals surface area contributed by atoms with E-state index in [-0.39, 0.29) is 18.5 Å². The minimum absolute atomic E-state index is 0.0362. The summed E-state index contributed by atoms with van der Waals surface area (Å²) in [6, 6.07) is 7.59. The molecule has 0 saturated carbocycles. The number of hydrogen-bond acceptors (Lipinski definition) is 4. The van der Waals surface area contributed by atoms with Gasteiger partial charge in [-0.2, -0.15) is 0 Å². The summed E-state index contributed by atoms with van der Waals surface area (Å²) in [5.41, 5.74) is 0.674. The van der Waals surface area contributed by atoms with E-state index in [1.807, 2.05) is 41.1 Å². The Bertz CT molecular complexity index is 603. The maximum absolute atomic E-state index is 12.8. The van der Waals surface area contributed by atoms with Gasteiger partial charge >= 0.3 is 5.97 Å². The summed E-state index contributed by atoms with van der Waals surface area (Å²) >= 11 is 0.